The molecule has 5 nitrogen and oxygen atoms in total. The summed E-state index contributed by atoms with van der Waals surface area (Å²) in [5.41, 5.74) is 0.660. The zero-order valence-electron chi connectivity index (χ0n) is 16.2. The van der Waals surface area contributed by atoms with E-state index >= 15 is 0 Å². The molecule has 1 fully saturated rings. The second-order valence-corrected chi connectivity index (χ2v) is 7.37. The molecule has 2 aliphatic rings. The molecular formula is C21H20F4N4O. The molecule has 0 aromatic heterocycles. The highest BCUT2D eigenvalue weighted by Gasteiger charge is 2.35. The molecule has 1 amide bonds. The van der Waals surface area contributed by atoms with Crippen molar-refractivity contribution in [1.29, 1.82) is 0 Å². The van der Waals surface area contributed by atoms with Crippen molar-refractivity contribution in [3.63, 3.8) is 0 Å². The fraction of sp³-hybridized carbons (Fsp3) is 0.286. The van der Waals surface area contributed by atoms with Crippen molar-refractivity contribution in [3.05, 3.63) is 59.5 Å². The summed E-state index contributed by atoms with van der Waals surface area (Å²) in [7, 11) is 1.94. The van der Waals surface area contributed by atoms with Crippen molar-refractivity contribution in [1.82, 2.24) is 4.90 Å². The smallest absolute Gasteiger partial charge is 0.368 e. The van der Waals surface area contributed by atoms with Gasteiger partial charge in [0.2, 0.25) is 0 Å². The van der Waals surface area contributed by atoms with Gasteiger partial charge in [-0.05, 0) is 43.4 Å². The van der Waals surface area contributed by atoms with Gasteiger partial charge in [0.15, 0.2) is 0 Å². The van der Waals surface area contributed by atoms with Crippen LogP contribution in [0.5, 0.6) is 0 Å². The average Bonchev–Trinajstić information content (AvgIpc) is 3.00. The van der Waals surface area contributed by atoms with Crippen molar-refractivity contribution in [2.75, 3.05) is 48.8 Å². The number of hydrogen-bond acceptors (Lipinski definition) is 4. The number of anilines is 3. The molecule has 2 aromatic carbocycles. The molecule has 2 N–H and O–H groups in total. The molecule has 0 aliphatic carbocycles. The molecule has 2 aliphatic heterocycles. The third-order valence-electron chi connectivity index (χ3n) is 5.29. The number of likely N-dealkylation sites (N-methyl/N-ethyl adjacent to an activating group) is 1. The van der Waals surface area contributed by atoms with E-state index in [1.807, 2.05) is 7.05 Å². The number of benzene rings is 2. The van der Waals surface area contributed by atoms with E-state index in [-0.39, 0.29) is 16.9 Å². The van der Waals surface area contributed by atoms with Gasteiger partial charge in [-0.15, -0.1) is 0 Å². The summed E-state index contributed by atoms with van der Waals surface area (Å²) in [5, 5.41) is 5.32. The number of halogens is 4. The lowest BCUT2D eigenvalue weighted by atomic mass is 10.1. The van der Waals surface area contributed by atoms with E-state index in [9.17, 15) is 22.4 Å². The molecule has 158 valence electrons. The lowest BCUT2D eigenvalue weighted by Gasteiger charge is -2.35. The number of alkyl halides is 3. The average molecular weight is 420 g/mol. The molecule has 0 bridgehead atoms. The predicted octanol–water partition coefficient (Wildman–Crippen LogP) is 4.00. The Kier molecular flexibility index (Phi) is 5.15. The van der Waals surface area contributed by atoms with Crippen molar-refractivity contribution in [2.24, 2.45) is 0 Å². The Morgan fingerprint density at radius 3 is 2.50 bits per heavy atom. The Hall–Kier alpha value is -3.07. The third kappa shape index (κ3) is 3.97. The fourth-order valence-corrected chi connectivity index (χ4v) is 3.64. The SMILES string of the molecule is CN1CCN(c2ccc(NC=C3C(=O)Nc4cc(F)ccc43)cc2C(F)(F)F)CC1. The largest absolute Gasteiger partial charge is 0.418 e. The first-order valence-electron chi connectivity index (χ1n) is 9.45. The van der Waals surface area contributed by atoms with Gasteiger partial charge in [-0.25, -0.2) is 4.39 Å². The molecule has 9 heteroatoms. The Morgan fingerprint density at radius 2 is 1.80 bits per heavy atom. The number of hydrogen-bond donors (Lipinski definition) is 2. The van der Waals surface area contributed by atoms with Gasteiger partial charge < -0.3 is 20.4 Å². The molecule has 0 saturated carbocycles. The van der Waals surface area contributed by atoms with Gasteiger partial charge in [0.25, 0.3) is 5.91 Å². The maximum atomic E-state index is 13.7. The van der Waals surface area contributed by atoms with Gasteiger partial charge in [0, 0.05) is 49.3 Å². The quantitative estimate of drug-likeness (QED) is 0.582. The summed E-state index contributed by atoms with van der Waals surface area (Å²) in [5.74, 6) is -0.939. The number of carbonyl (C=O) groups is 1. The van der Waals surface area contributed by atoms with Crippen LogP contribution in [-0.2, 0) is 11.0 Å². The van der Waals surface area contributed by atoms with Gasteiger partial charge >= 0.3 is 6.18 Å². The van der Waals surface area contributed by atoms with Gasteiger partial charge in [0.1, 0.15) is 5.82 Å². The van der Waals surface area contributed by atoms with Crippen LogP contribution >= 0.6 is 0 Å². The Morgan fingerprint density at radius 1 is 1.07 bits per heavy atom. The lowest BCUT2D eigenvalue weighted by Crippen LogP contribution is -2.45. The molecule has 0 atom stereocenters. The monoisotopic (exact) mass is 420 g/mol. The molecular weight excluding hydrogens is 400 g/mol. The second kappa shape index (κ2) is 7.64. The summed E-state index contributed by atoms with van der Waals surface area (Å²) < 4.78 is 54.5. The molecule has 30 heavy (non-hydrogen) atoms. The van der Waals surface area contributed by atoms with Crippen LogP contribution in [0.1, 0.15) is 11.1 Å². The van der Waals surface area contributed by atoms with Crippen molar-refractivity contribution in [2.45, 2.75) is 6.18 Å². The predicted molar refractivity (Wildman–Crippen MR) is 108 cm³/mol. The molecule has 4 rings (SSSR count). The minimum atomic E-state index is -4.52. The zero-order chi connectivity index (χ0) is 21.5. The normalized spacial score (nSPS) is 18.5. The maximum Gasteiger partial charge on any atom is 0.418 e. The number of nitrogens with zero attached hydrogens (tertiary/aromatic N) is 2. The maximum absolute atomic E-state index is 13.7. The van der Waals surface area contributed by atoms with Crippen molar-refractivity contribution >= 4 is 28.5 Å². The van der Waals surface area contributed by atoms with Gasteiger partial charge in [-0.1, -0.05) is 0 Å². The van der Waals surface area contributed by atoms with Crippen LogP contribution in [-0.4, -0.2) is 44.0 Å². The minimum Gasteiger partial charge on any atom is -0.368 e. The number of fused-ring (bicyclic) bond motifs is 1. The van der Waals surface area contributed by atoms with Crippen LogP contribution in [0.4, 0.5) is 34.6 Å². The standard InChI is InChI=1S/C21H20F4N4O/c1-28-6-8-29(9-7-28)19-5-3-14(11-17(19)21(23,24)25)26-12-16-15-4-2-13(22)10-18(15)27-20(16)30/h2-5,10-12,26H,6-9H2,1H3,(H,27,30). The van der Waals surface area contributed by atoms with Crippen LogP contribution in [0.15, 0.2) is 42.6 Å². The molecule has 0 spiro atoms. The lowest BCUT2D eigenvalue weighted by molar-refractivity contribution is -0.137. The first kappa shape index (κ1) is 20.2. The van der Waals surface area contributed by atoms with Crippen molar-refractivity contribution in [3.8, 4) is 0 Å². The first-order chi connectivity index (χ1) is 14.2. The van der Waals surface area contributed by atoms with Crippen LogP contribution in [0, 0.1) is 5.82 Å². The minimum absolute atomic E-state index is 0.147. The van der Waals surface area contributed by atoms with Crippen LogP contribution in [0.2, 0.25) is 0 Å². The topological polar surface area (TPSA) is 47.6 Å². The van der Waals surface area contributed by atoms with E-state index in [2.05, 4.69) is 15.5 Å². The molecule has 2 heterocycles. The molecule has 1 saturated heterocycles. The number of nitrogens with one attached hydrogen (secondary N) is 2. The van der Waals surface area contributed by atoms with Crippen LogP contribution in [0.25, 0.3) is 5.57 Å². The van der Waals surface area contributed by atoms with Gasteiger partial charge in [-0.3, -0.25) is 4.79 Å². The van der Waals surface area contributed by atoms with Crippen LogP contribution < -0.4 is 15.5 Å². The van der Waals surface area contributed by atoms with E-state index < -0.39 is 23.5 Å². The highest BCUT2D eigenvalue weighted by atomic mass is 19.4. The number of carbonyl (C=O) groups excluding carboxylic acids is 1. The Bertz CT molecular complexity index is 1010. The number of amides is 1. The molecule has 0 radical (unpaired) electrons. The van der Waals surface area contributed by atoms with E-state index in [0.29, 0.717) is 37.4 Å². The highest BCUT2D eigenvalue weighted by molar-refractivity contribution is 6.31. The van der Waals surface area contributed by atoms with E-state index in [0.717, 1.165) is 6.07 Å². The summed E-state index contributed by atoms with van der Waals surface area (Å²) in [6, 6.07) is 7.92. The van der Waals surface area contributed by atoms with Crippen LogP contribution in [0.3, 0.4) is 0 Å². The van der Waals surface area contributed by atoms with E-state index in [1.54, 1.807) is 11.0 Å². The number of piperazine rings is 1. The second-order valence-electron chi connectivity index (χ2n) is 7.37. The first-order valence-corrected chi connectivity index (χ1v) is 9.45. The molecule has 2 aromatic rings. The van der Waals surface area contributed by atoms with Gasteiger partial charge in [0.05, 0.1) is 16.8 Å². The summed E-state index contributed by atoms with van der Waals surface area (Å²) >= 11 is 0. The van der Waals surface area contributed by atoms with Crippen molar-refractivity contribution < 1.29 is 22.4 Å². The Balaban J connectivity index is 1.61. The number of rotatable bonds is 3. The van der Waals surface area contributed by atoms with E-state index in [1.165, 1.54) is 30.5 Å². The summed E-state index contributed by atoms with van der Waals surface area (Å²) in [6.07, 6.45) is -3.18. The summed E-state index contributed by atoms with van der Waals surface area (Å²) in [4.78, 5) is 16.0. The van der Waals surface area contributed by atoms with E-state index in [4.69, 9.17) is 0 Å². The molecule has 0 unspecified atom stereocenters. The third-order valence-corrected chi connectivity index (χ3v) is 5.29. The Labute approximate surface area is 171 Å². The highest BCUT2D eigenvalue weighted by Crippen LogP contribution is 2.39. The zero-order valence-corrected chi connectivity index (χ0v) is 16.2. The van der Waals surface area contributed by atoms with Gasteiger partial charge in [-0.2, -0.15) is 13.2 Å². The summed E-state index contributed by atoms with van der Waals surface area (Å²) in [6.45, 7) is 2.42. The fourth-order valence-electron chi connectivity index (χ4n) is 3.64.